The Kier molecular flexibility index (Phi) is 5.82. The van der Waals surface area contributed by atoms with E-state index in [4.69, 9.17) is 9.47 Å². The number of hydrogen-bond acceptors (Lipinski definition) is 7. The molecule has 0 unspecified atom stereocenters. The highest BCUT2D eigenvalue weighted by molar-refractivity contribution is 7.17. The van der Waals surface area contributed by atoms with Crippen molar-refractivity contribution in [3.63, 3.8) is 0 Å². The number of rotatable bonds is 3. The van der Waals surface area contributed by atoms with Gasteiger partial charge in [0.2, 0.25) is 11.8 Å². The number of carbonyl (C=O) groups excluding carboxylic acids is 3. The van der Waals surface area contributed by atoms with E-state index < -0.39 is 35.5 Å². The zero-order valence-corrected chi connectivity index (χ0v) is 24.1. The number of nitrogens with zero attached hydrogens (tertiary/aromatic N) is 2. The topological polar surface area (TPSA) is 96.7 Å². The number of fused-ring (bicyclic) bond motifs is 8. The fourth-order valence-corrected chi connectivity index (χ4v) is 8.86. The smallest absolute Gasteiger partial charge is 0.319 e. The average Bonchev–Trinajstić information content (AvgIpc) is 3.53. The lowest BCUT2D eigenvalue weighted by molar-refractivity contribution is -0.142. The summed E-state index contributed by atoms with van der Waals surface area (Å²) in [5.41, 5.74) is 3.70. The molecule has 0 spiro atoms. The number of hydrogen-bond donors (Lipinski definition) is 0. The molecule has 3 heterocycles. The molecule has 0 saturated carbocycles. The van der Waals surface area contributed by atoms with Crippen LogP contribution in [0.5, 0.6) is 11.5 Å². The van der Waals surface area contributed by atoms with Crippen molar-refractivity contribution in [1.82, 2.24) is 0 Å². The number of imide groups is 1. The van der Waals surface area contributed by atoms with Gasteiger partial charge in [-0.05, 0) is 71.4 Å². The maximum absolute atomic E-state index is 14.5. The van der Waals surface area contributed by atoms with E-state index in [1.165, 1.54) is 16.2 Å². The summed E-state index contributed by atoms with van der Waals surface area (Å²) < 4.78 is 11.3. The van der Waals surface area contributed by atoms with Gasteiger partial charge in [0, 0.05) is 16.4 Å². The fourth-order valence-electron chi connectivity index (χ4n) is 7.51. The highest BCUT2D eigenvalue weighted by Crippen LogP contribution is 2.57. The quantitative estimate of drug-likeness (QED) is 0.162. The summed E-state index contributed by atoms with van der Waals surface area (Å²) in [6.45, 7) is 0. The Bertz CT molecular complexity index is 1950. The van der Waals surface area contributed by atoms with Crippen LogP contribution in [-0.2, 0) is 27.2 Å². The maximum Gasteiger partial charge on any atom is 0.319 e. The molecule has 0 N–H and O–H groups in total. The number of nitriles is 1. The highest BCUT2D eigenvalue weighted by Gasteiger charge is 2.61. The summed E-state index contributed by atoms with van der Waals surface area (Å²) in [6, 6.07) is 21.4. The summed E-state index contributed by atoms with van der Waals surface area (Å²) in [7, 11) is 1.60. The first kappa shape index (κ1) is 25.9. The van der Waals surface area contributed by atoms with Gasteiger partial charge in [0.1, 0.15) is 22.6 Å². The highest BCUT2D eigenvalue weighted by atomic mass is 32.1. The van der Waals surface area contributed by atoms with Gasteiger partial charge < -0.3 is 9.47 Å². The van der Waals surface area contributed by atoms with Crippen molar-refractivity contribution >= 4 is 50.5 Å². The SMILES string of the molecule is COc1ccc([C@@H]2C=C3c4c(ccc5ccccc45)OC(=O)[C@@H]3[C@@H]3C(=O)N(c4sc5c(c4C#N)CCCC5)C(=O)[C@H]32)cc1. The van der Waals surface area contributed by atoms with E-state index >= 15 is 0 Å². The number of carbonyl (C=O) groups is 3. The monoisotopic (exact) mass is 586 g/mol. The van der Waals surface area contributed by atoms with E-state index in [0.717, 1.165) is 58.0 Å². The number of esters is 1. The van der Waals surface area contributed by atoms with Gasteiger partial charge >= 0.3 is 5.97 Å². The van der Waals surface area contributed by atoms with Gasteiger partial charge in [-0.3, -0.25) is 14.4 Å². The molecule has 4 aliphatic rings. The van der Waals surface area contributed by atoms with Crippen LogP contribution >= 0.6 is 11.3 Å². The molecule has 1 fully saturated rings. The number of thiophene rings is 1. The second-order valence-corrected chi connectivity index (χ2v) is 12.6. The molecule has 1 saturated heterocycles. The molecule has 8 heteroatoms. The molecule has 4 atom stereocenters. The summed E-state index contributed by atoms with van der Waals surface area (Å²) >= 11 is 1.37. The Morgan fingerprint density at radius 2 is 1.72 bits per heavy atom. The Balaban J connectivity index is 1.34. The van der Waals surface area contributed by atoms with Crippen molar-refractivity contribution in [3.05, 3.63) is 93.9 Å². The van der Waals surface area contributed by atoms with Crippen LogP contribution in [0.3, 0.4) is 0 Å². The Labute approximate surface area is 251 Å². The molecule has 0 bridgehead atoms. The third-order valence-electron chi connectivity index (χ3n) is 9.45. The number of ether oxygens (including phenoxy) is 2. The van der Waals surface area contributed by atoms with E-state index in [0.29, 0.717) is 27.6 Å². The third kappa shape index (κ3) is 3.68. The molecule has 4 aromatic rings. The van der Waals surface area contributed by atoms with Crippen molar-refractivity contribution in [1.29, 1.82) is 5.26 Å². The first-order valence-corrected chi connectivity index (χ1v) is 15.3. The first-order valence-electron chi connectivity index (χ1n) is 14.5. The normalized spacial score (nSPS) is 24.0. The Hall–Kier alpha value is -4.74. The third-order valence-corrected chi connectivity index (χ3v) is 10.7. The molecule has 7 nitrogen and oxygen atoms in total. The van der Waals surface area contributed by atoms with Crippen LogP contribution in [0.2, 0.25) is 0 Å². The molecule has 2 aliphatic heterocycles. The van der Waals surface area contributed by atoms with Crippen LogP contribution in [0.4, 0.5) is 5.00 Å². The van der Waals surface area contributed by atoms with Crippen LogP contribution in [0.25, 0.3) is 16.3 Å². The lowest BCUT2D eigenvalue weighted by Crippen LogP contribution is -2.42. The Morgan fingerprint density at radius 1 is 0.953 bits per heavy atom. The summed E-state index contributed by atoms with van der Waals surface area (Å²) in [4.78, 5) is 45.1. The van der Waals surface area contributed by atoms with E-state index in [2.05, 4.69) is 6.07 Å². The second-order valence-electron chi connectivity index (χ2n) is 11.5. The zero-order chi connectivity index (χ0) is 29.4. The average molecular weight is 587 g/mol. The number of aryl methyl sites for hydroxylation is 1. The van der Waals surface area contributed by atoms with E-state index in [1.54, 1.807) is 13.2 Å². The lowest BCUT2D eigenvalue weighted by atomic mass is 9.64. The number of amides is 2. The maximum atomic E-state index is 14.5. The van der Waals surface area contributed by atoms with E-state index in [-0.39, 0.29) is 5.91 Å². The van der Waals surface area contributed by atoms with Crippen molar-refractivity contribution in [2.45, 2.75) is 31.6 Å². The first-order chi connectivity index (χ1) is 21.0. The minimum Gasteiger partial charge on any atom is -0.497 e. The van der Waals surface area contributed by atoms with Crippen LogP contribution in [0, 0.1) is 29.1 Å². The van der Waals surface area contributed by atoms with Crippen molar-refractivity contribution < 1.29 is 23.9 Å². The molecule has 0 radical (unpaired) electrons. The van der Waals surface area contributed by atoms with E-state index in [1.807, 2.05) is 60.7 Å². The fraction of sp³-hybridized carbons (Fsp3) is 0.257. The molecule has 2 amide bonds. The number of anilines is 1. The minimum atomic E-state index is -0.968. The summed E-state index contributed by atoms with van der Waals surface area (Å²) in [5, 5.41) is 12.5. The molecule has 2 aliphatic carbocycles. The molecule has 43 heavy (non-hydrogen) atoms. The standard InChI is InChI=1S/C35H26N2O5S/c1-41-20-13-10-19(11-14-20)23-16-24-28-21-7-3-2-6-18(21)12-15-26(28)42-35(40)30(24)31-29(23)32(38)37(33(31)39)34-25(17-36)22-8-4-5-9-27(22)43-34/h2-3,6-7,10-16,23,29-31H,4-5,8-9H2,1H3/t23-,29-,30-,31+/m0/s1. The minimum absolute atomic E-state index is 0.377. The molecule has 1 aromatic heterocycles. The van der Waals surface area contributed by atoms with Crippen molar-refractivity contribution in [2.75, 3.05) is 12.0 Å². The molecule has 212 valence electrons. The molecular formula is C35H26N2O5S. The van der Waals surface area contributed by atoms with Gasteiger partial charge in [-0.2, -0.15) is 5.26 Å². The van der Waals surface area contributed by atoms with Crippen LogP contribution < -0.4 is 14.4 Å². The number of methoxy groups -OCH3 is 1. The Morgan fingerprint density at radius 3 is 2.51 bits per heavy atom. The molecule has 8 rings (SSSR count). The molecule has 3 aromatic carbocycles. The van der Waals surface area contributed by atoms with Gasteiger partial charge in [0.05, 0.1) is 30.4 Å². The predicted molar refractivity (Wildman–Crippen MR) is 162 cm³/mol. The molecular weight excluding hydrogens is 560 g/mol. The number of benzene rings is 3. The summed E-state index contributed by atoms with van der Waals surface area (Å²) in [6.07, 6.45) is 5.57. The van der Waals surface area contributed by atoms with Gasteiger partial charge in [0.25, 0.3) is 0 Å². The van der Waals surface area contributed by atoms with Gasteiger partial charge in [-0.1, -0.05) is 48.5 Å². The van der Waals surface area contributed by atoms with Crippen molar-refractivity contribution in [2.24, 2.45) is 17.8 Å². The zero-order valence-electron chi connectivity index (χ0n) is 23.3. The number of allylic oxidation sites excluding steroid dienone is 1. The van der Waals surface area contributed by atoms with E-state index in [9.17, 15) is 19.6 Å². The van der Waals surface area contributed by atoms with Crippen LogP contribution in [-0.4, -0.2) is 24.9 Å². The van der Waals surface area contributed by atoms with Crippen LogP contribution in [0.15, 0.2) is 66.7 Å². The summed E-state index contributed by atoms with van der Waals surface area (Å²) in [5.74, 6) is -3.46. The van der Waals surface area contributed by atoms with Gasteiger partial charge in [-0.15, -0.1) is 11.3 Å². The second kappa shape index (κ2) is 9.65. The largest absolute Gasteiger partial charge is 0.497 e. The van der Waals surface area contributed by atoms with Gasteiger partial charge in [0.15, 0.2) is 0 Å². The lowest BCUT2D eigenvalue weighted by Gasteiger charge is -2.38. The van der Waals surface area contributed by atoms with Crippen LogP contribution in [0.1, 0.15) is 45.9 Å². The predicted octanol–water partition coefficient (Wildman–Crippen LogP) is 6.18. The van der Waals surface area contributed by atoms with Gasteiger partial charge in [-0.25, -0.2) is 4.90 Å². The van der Waals surface area contributed by atoms with Crippen molar-refractivity contribution in [3.8, 4) is 17.6 Å².